The van der Waals surface area contributed by atoms with Crippen LogP contribution < -0.4 is 0 Å². The van der Waals surface area contributed by atoms with E-state index in [1.807, 2.05) is 0 Å². The van der Waals surface area contributed by atoms with E-state index in [1.54, 1.807) is 0 Å². The van der Waals surface area contributed by atoms with Crippen molar-refractivity contribution in [2.75, 3.05) is 13.2 Å². The molecular formula is C10H16O2. The Labute approximate surface area is 73.2 Å². The van der Waals surface area contributed by atoms with Gasteiger partial charge in [-0.3, -0.25) is 0 Å². The highest BCUT2D eigenvalue weighted by Gasteiger charge is 2.58. The van der Waals surface area contributed by atoms with Gasteiger partial charge in [-0.1, -0.05) is 0 Å². The average molecular weight is 168 g/mol. The van der Waals surface area contributed by atoms with Gasteiger partial charge in [0, 0.05) is 12.0 Å². The van der Waals surface area contributed by atoms with Gasteiger partial charge in [0.1, 0.15) is 0 Å². The topological polar surface area (TPSA) is 18.5 Å². The van der Waals surface area contributed by atoms with E-state index in [-0.39, 0.29) is 0 Å². The molecule has 1 spiro atoms. The van der Waals surface area contributed by atoms with Crippen molar-refractivity contribution in [3.63, 3.8) is 0 Å². The van der Waals surface area contributed by atoms with Crippen LogP contribution in [-0.2, 0) is 9.47 Å². The molecule has 1 aliphatic carbocycles. The Bertz CT molecular complexity index is 184. The van der Waals surface area contributed by atoms with E-state index in [9.17, 15) is 0 Å². The third-order valence-corrected chi connectivity index (χ3v) is 3.60. The molecule has 2 atom stereocenters. The summed E-state index contributed by atoms with van der Waals surface area (Å²) >= 11 is 0. The Morgan fingerprint density at radius 3 is 2.83 bits per heavy atom. The van der Waals surface area contributed by atoms with E-state index >= 15 is 0 Å². The molecule has 1 saturated carbocycles. The monoisotopic (exact) mass is 168 g/mol. The summed E-state index contributed by atoms with van der Waals surface area (Å²) < 4.78 is 11.7. The Hall–Kier alpha value is -0.0800. The largest absolute Gasteiger partial charge is 0.375 e. The average Bonchev–Trinajstić information content (AvgIpc) is 2.77. The van der Waals surface area contributed by atoms with Gasteiger partial charge in [0.25, 0.3) is 0 Å². The van der Waals surface area contributed by atoms with Crippen molar-refractivity contribution >= 4 is 0 Å². The Morgan fingerprint density at radius 2 is 2.00 bits per heavy atom. The second kappa shape index (κ2) is 2.46. The van der Waals surface area contributed by atoms with E-state index < -0.39 is 0 Å². The van der Waals surface area contributed by atoms with Crippen LogP contribution >= 0.6 is 0 Å². The summed E-state index contributed by atoms with van der Waals surface area (Å²) in [6.07, 6.45) is 7.33. The molecule has 0 aromatic rings. The summed E-state index contributed by atoms with van der Waals surface area (Å²) in [4.78, 5) is 0. The lowest BCUT2D eigenvalue weighted by atomic mass is 9.97. The van der Waals surface area contributed by atoms with Gasteiger partial charge in [0.05, 0.1) is 18.8 Å². The van der Waals surface area contributed by atoms with Crippen molar-refractivity contribution in [2.45, 2.75) is 44.3 Å². The molecule has 0 amide bonds. The standard InChI is InChI=1S/C10H16O2/c1-2-6-11-9-8(3-1)12-7-10(9)4-5-10/h8-9H,1-7H2. The molecule has 0 bridgehead atoms. The summed E-state index contributed by atoms with van der Waals surface area (Å²) in [5.74, 6) is 0. The predicted molar refractivity (Wildman–Crippen MR) is 45.0 cm³/mol. The summed E-state index contributed by atoms with van der Waals surface area (Å²) in [6.45, 7) is 1.94. The fraction of sp³-hybridized carbons (Fsp3) is 1.00. The SMILES string of the molecule is C1CCC2OCC3(CC3)C2OC1. The lowest BCUT2D eigenvalue weighted by Crippen LogP contribution is -2.29. The first kappa shape index (κ1) is 7.34. The van der Waals surface area contributed by atoms with Gasteiger partial charge in [-0.15, -0.1) is 0 Å². The first-order valence-corrected chi connectivity index (χ1v) is 5.14. The van der Waals surface area contributed by atoms with Crippen LogP contribution in [0.1, 0.15) is 32.1 Å². The molecule has 12 heavy (non-hydrogen) atoms. The van der Waals surface area contributed by atoms with Crippen molar-refractivity contribution in [3.8, 4) is 0 Å². The number of ether oxygens (including phenoxy) is 2. The molecule has 3 fully saturated rings. The van der Waals surface area contributed by atoms with E-state index in [0.717, 1.165) is 13.2 Å². The molecule has 2 saturated heterocycles. The van der Waals surface area contributed by atoms with E-state index in [2.05, 4.69) is 0 Å². The lowest BCUT2D eigenvalue weighted by molar-refractivity contribution is -0.00877. The summed E-state index contributed by atoms with van der Waals surface area (Å²) in [7, 11) is 0. The van der Waals surface area contributed by atoms with Gasteiger partial charge in [-0.2, -0.15) is 0 Å². The fourth-order valence-electron chi connectivity index (χ4n) is 2.60. The Balaban J connectivity index is 1.80. The van der Waals surface area contributed by atoms with Crippen LogP contribution in [0.25, 0.3) is 0 Å². The maximum Gasteiger partial charge on any atom is 0.0914 e. The van der Waals surface area contributed by atoms with Crippen molar-refractivity contribution in [1.82, 2.24) is 0 Å². The summed E-state index contributed by atoms with van der Waals surface area (Å²) in [5, 5.41) is 0. The van der Waals surface area contributed by atoms with Crippen LogP contribution in [0.2, 0.25) is 0 Å². The maximum absolute atomic E-state index is 5.88. The number of hydrogen-bond donors (Lipinski definition) is 0. The quantitative estimate of drug-likeness (QED) is 0.548. The van der Waals surface area contributed by atoms with Gasteiger partial charge >= 0.3 is 0 Å². The second-order valence-corrected chi connectivity index (χ2v) is 4.50. The van der Waals surface area contributed by atoms with Crippen LogP contribution in [-0.4, -0.2) is 25.4 Å². The third-order valence-electron chi connectivity index (χ3n) is 3.60. The first-order chi connectivity index (χ1) is 5.91. The van der Waals surface area contributed by atoms with Crippen molar-refractivity contribution in [3.05, 3.63) is 0 Å². The summed E-state index contributed by atoms with van der Waals surface area (Å²) in [6, 6.07) is 0. The minimum atomic E-state index is 0.440. The molecule has 2 aliphatic heterocycles. The highest BCUT2D eigenvalue weighted by Crippen LogP contribution is 2.56. The molecular weight excluding hydrogens is 152 g/mol. The highest BCUT2D eigenvalue weighted by molar-refractivity contribution is 5.06. The molecule has 2 heterocycles. The zero-order valence-electron chi connectivity index (χ0n) is 7.42. The van der Waals surface area contributed by atoms with Gasteiger partial charge in [0.15, 0.2) is 0 Å². The molecule has 3 rings (SSSR count). The van der Waals surface area contributed by atoms with E-state index in [1.165, 1.54) is 32.1 Å². The van der Waals surface area contributed by atoms with Crippen LogP contribution in [0.3, 0.4) is 0 Å². The Morgan fingerprint density at radius 1 is 1.08 bits per heavy atom. The molecule has 2 heteroatoms. The van der Waals surface area contributed by atoms with Crippen LogP contribution in [0.4, 0.5) is 0 Å². The van der Waals surface area contributed by atoms with Gasteiger partial charge in [-0.05, 0) is 32.1 Å². The lowest BCUT2D eigenvalue weighted by Gasteiger charge is -2.19. The number of fused-ring (bicyclic) bond motifs is 2. The fourth-order valence-corrected chi connectivity index (χ4v) is 2.60. The molecule has 2 unspecified atom stereocenters. The molecule has 68 valence electrons. The van der Waals surface area contributed by atoms with Gasteiger partial charge in [-0.25, -0.2) is 0 Å². The molecule has 0 N–H and O–H groups in total. The van der Waals surface area contributed by atoms with E-state index in [4.69, 9.17) is 9.47 Å². The predicted octanol–water partition coefficient (Wildman–Crippen LogP) is 1.73. The van der Waals surface area contributed by atoms with Gasteiger partial charge < -0.3 is 9.47 Å². The smallest absolute Gasteiger partial charge is 0.0914 e. The molecule has 0 aromatic heterocycles. The summed E-state index contributed by atoms with van der Waals surface area (Å²) in [5.41, 5.74) is 0.481. The van der Waals surface area contributed by atoms with Crippen molar-refractivity contribution < 1.29 is 9.47 Å². The third kappa shape index (κ3) is 0.944. The number of rotatable bonds is 0. The highest BCUT2D eigenvalue weighted by atomic mass is 16.6. The second-order valence-electron chi connectivity index (χ2n) is 4.50. The van der Waals surface area contributed by atoms with Crippen LogP contribution in [0, 0.1) is 5.41 Å². The zero-order valence-corrected chi connectivity index (χ0v) is 7.42. The minimum Gasteiger partial charge on any atom is -0.375 e. The van der Waals surface area contributed by atoms with Crippen molar-refractivity contribution in [1.29, 1.82) is 0 Å². The maximum atomic E-state index is 5.88. The minimum absolute atomic E-state index is 0.440. The van der Waals surface area contributed by atoms with Crippen LogP contribution in [0.5, 0.6) is 0 Å². The first-order valence-electron chi connectivity index (χ1n) is 5.14. The normalized spacial score (nSPS) is 44.0. The Kier molecular flexibility index (Phi) is 1.50. The molecule has 2 nitrogen and oxygen atoms in total. The zero-order chi connectivity index (χ0) is 8.02. The number of hydrogen-bond acceptors (Lipinski definition) is 2. The molecule has 3 aliphatic rings. The van der Waals surface area contributed by atoms with Gasteiger partial charge in [0.2, 0.25) is 0 Å². The van der Waals surface area contributed by atoms with Crippen LogP contribution in [0.15, 0.2) is 0 Å². The molecule has 0 radical (unpaired) electrons. The molecule has 0 aromatic carbocycles. The van der Waals surface area contributed by atoms with Crippen molar-refractivity contribution in [2.24, 2.45) is 5.41 Å². The van der Waals surface area contributed by atoms with E-state index in [0.29, 0.717) is 17.6 Å².